The summed E-state index contributed by atoms with van der Waals surface area (Å²) in [5.41, 5.74) is 2.01. The number of amides is 1. The van der Waals surface area contributed by atoms with Gasteiger partial charge in [0.25, 0.3) is 0 Å². The van der Waals surface area contributed by atoms with E-state index in [9.17, 15) is 4.79 Å². The maximum absolute atomic E-state index is 11.9. The highest BCUT2D eigenvalue weighted by molar-refractivity contribution is 5.68. The Balaban J connectivity index is 1.35. The number of likely N-dealkylation sites (tertiary alicyclic amines) is 1. The average molecular weight is 300 g/mol. The van der Waals surface area contributed by atoms with Crippen LogP contribution in [0.1, 0.15) is 11.3 Å². The molecule has 0 radical (unpaired) electrons. The molecule has 1 aromatic heterocycles. The van der Waals surface area contributed by atoms with Crippen LogP contribution in [0.3, 0.4) is 0 Å². The molecule has 116 valence electrons. The fourth-order valence-corrected chi connectivity index (χ4v) is 2.37. The van der Waals surface area contributed by atoms with Crippen LogP contribution >= 0.6 is 0 Å². The van der Waals surface area contributed by atoms with Crippen LogP contribution in [0.4, 0.5) is 4.79 Å². The van der Waals surface area contributed by atoms with E-state index >= 15 is 0 Å². The molecule has 2 aromatic rings. The minimum absolute atomic E-state index is 0.250. The third-order valence-corrected chi connectivity index (χ3v) is 3.69. The smallest absolute Gasteiger partial charge is 0.410 e. The summed E-state index contributed by atoms with van der Waals surface area (Å²) in [6, 6.07) is 12.0. The quantitative estimate of drug-likeness (QED) is 0.910. The summed E-state index contributed by atoms with van der Waals surface area (Å²) in [6.45, 7) is 2.40. The molecule has 0 atom stereocenters. The van der Waals surface area contributed by atoms with Gasteiger partial charge in [0, 0.05) is 38.9 Å². The Bertz CT molecular complexity index is 620. The first-order valence-electron chi connectivity index (χ1n) is 7.38. The SMILES string of the molecule is Cn1ccc(CNC2CN(C(=O)OCc3ccccc3)C2)n1. The molecule has 6 heteroatoms. The molecular weight excluding hydrogens is 280 g/mol. The third kappa shape index (κ3) is 3.65. The van der Waals surface area contributed by atoms with Crippen molar-refractivity contribution in [3.05, 3.63) is 53.9 Å². The molecule has 1 aliphatic heterocycles. The zero-order chi connectivity index (χ0) is 15.4. The zero-order valence-electron chi connectivity index (χ0n) is 12.6. The summed E-state index contributed by atoms with van der Waals surface area (Å²) >= 11 is 0. The van der Waals surface area contributed by atoms with Gasteiger partial charge in [0.1, 0.15) is 6.61 Å². The Hall–Kier alpha value is -2.34. The molecule has 6 nitrogen and oxygen atoms in total. The fourth-order valence-electron chi connectivity index (χ4n) is 2.37. The predicted molar refractivity (Wildman–Crippen MR) is 82.0 cm³/mol. The second-order valence-corrected chi connectivity index (χ2v) is 5.50. The van der Waals surface area contributed by atoms with Crippen molar-refractivity contribution in [2.24, 2.45) is 7.05 Å². The fraction of sp³-hybridized carbons (Fsp3) is 0.375. The summed E-state index contributed by atoms with van der Waals surface area (Å²) in [6.07, 6.45) is 1.67. The van der Waals surface area contributed by atoms with E-state index < -0.39 is 0 Å². The van der Waals surface area contributed by atoms with Crippen molar-refractivity contribution in [1.82, 2.24) is 20.0 Å². The van der Waals surface area contributed by atoms with Gasteiger partial charge < -0.3 is 15.0 Å². The standard InChI is InChI=1S/C16H20N4O2/c1-19-8-7-14(18-19)9-17-15-10-20(11-15)16(21)22-12-13-5-3-2-4-6-13/h2-8,15,17H,9-12H2,1H3. The lowest BCUT2D eigenvalue weighted by molar-refractivity contribution is 0.0599. The molecule has 1 amide bonds. The number of nitrogens with one attached hydrogen (secondary N) is 1. The Labute approximate surface area is 129 Å². The first kappa shape index (κ1) is 14.6. The van der Waals surface area contributed by atoms with Crippen LogP contribution in [-0.4, -0.2) is 39.9 Å². The van der Waals surface area contributed by atoms with Crippen LogP contribution in [0, 0.1) is 0 Å². The average Bonchev–Trinajstić information content (AvgIpc) is 2.90. The number of hydrogen-bond donors (Lipinski definition) is 1. The predicted octanol–water partition coefficient (Wildman–Crippen LogP) is 1.53. The van der Waals surface area contributed by atoms with Crippen LogP contribution in [0.5, 0.6) is 0 Å². The maximum Gasteiger partial charge on any atom is 0.410 e. The van der Waals surface area contributed by atoms with Crippen LogP contribution in [0.15, 0.2) is 42.6 Å². The van der Waals surface area contributed by atoms with Gasteiger partial charge in [-0.25, -0.2) is 4.79 Å². The van der Waals surface area contributed by atoms with Gasteiger partial charge in [-0.15, -0.1) is 0 Å². The number of rotatable bonds is 5. The van der Waals surface area contributed by atoms with E-state index in [1.54, 1.807) is 9.58 Å². The number of ether oxygens (including phenoxy) is 1. The molecule has 1 N–H and O–H groups in total. The van der Waals surface area contributed by atoms with Gasteiger partial charge in [-0.3, -0.25) is 4.68 Å². The van der Waals surface area contributed by atoms with Crippen molar-refractivity contribution in [3.8, 4) is 0 Å². The number of aryl methyl sites for hydroxylation is 1. The van der Waals surface area contributed by atoms with Crippen LogP contribution < -0.4 is 5.32 Å². The van der Waals surface area contributed by atoms with Gasteiger partial charge in [-0.1, -0.05) is 30.3 Å². The first-order valence-corrected chi connectivity index (χ1v) is 7.38. The molecule has 1 aliphatic rings. The largest absolute Gasteiger partial charge is 0.445 e. The van der Waals surface area contributed by atoms with Gasteiger partial charge in [0.05, 0.1) is 5.69 Å². The summed E-state index contributed by atoms with van der Waals surface area (Å²) < 4.78 is 7.07. The van der Waals surface area contributed by atoms with E-state index in [0.717, 1.165) is 17.8 Å². The Kier molecular flexibility index (Phi) is 4.39. The molecule has 3 rings (SSSR count). The van der Waals surface area contributed by atoms with Gasteiger partial charge >= 0.3 is 6.09 Å². The number of hydrogen-bond acceptors (Lipinski definition) is 4. The third-order valence-electron chi connectivity index (χ3n) is 3.69. The highest BCUT2D eigenvalue weighted by Crippen LogP contribution is 2.11. The van der Waals surface area contributed by atoms with Gasteiger partial charge in [0.15, 0.2) is 0 Å². The van der Waals surface area contributed by atoms with Crippen molar-refractivity contribution >= 4 is 6.09 Å². The number of nitrogens with zero attached hydrogens (tertiary/aromatic N) is 3. The number of benzene rings is 1. The molecule has 0 unspecified atom stereocenters. The van der Waals surface area contributed by atoms with Crippen molar-refractivity contribution < 1.29 is 9.53 Å². The lowest BCUT2D eigenvalue weighted by atomic mass is 10.1. The zero-order valence-corrected chi connectivity index (χ0v) is 12.6. The summed E-state index contributed by atoms with van der Waals surface area (Å²) in [5, 5.41) is 7.69. The van der Waals surface area contributed by atoms with Crippen molar-refractivity contribution in [2.45, 2.75) is 19.2 Å². The Morgan fingerprint density at radius 2 is 2.09 bits per heavy atom. The highest BCUT2D eigenvalue weighted by Gasteiger charge is 2.31. The lowest BCUT2D eigenvalue weighted by Crippen LogP contribution is -2.59. The molecule has 1 fully saturated rings. The number of carbonyl (C=O) groups excluding carboxylic acids is 1. The van der Waals surface area contributed by atoms with E-state index in [1.807, 2.05) is 49.6 Å². The van der Waals surface area contributed by atoms with Crippen LogP contribution in [-0.2, 0) is 24.9 Å². The van der Waals surface area contributed by atoms with E-state index in [2.05, 4.69) is 10.4 Å². The molecule has 0 aliphatic carbocycles. The minimum atomic E-state index is -0.250. The lowest BCUT2D eigenvalue weighted by Gasteiger charge is -2.38. The molecule has 1 saturated heterocycles. The van der Waals surface area contributed by atoms with Crippen LogP contribution in [0.2, 0.25) is 0 Å². The molecule has 1 aromatic carbocycles. The second kappa shape index (κ2) is 6.62. The van der Waals surface area contributed by atoms with Gasteiger partial charge in [0.2, 0.25) is 0 Å². The Morgan fingerprint density at radius 3 is 2.77 bits per heavy atom. The monoisotopic (exact) mass is 300 g/mol. The topological polar surface area (TPSA) is 59.4 Å². The summed E-state index contributed by atoms with van der Waals surface area (Å²) in [4.78, 5) is 13.6. The maximum atomic E-state index is 11.9. The normalized spacial score (nSPS) is 14.7. The highest BCUT2D eigenvalue weighted by atomic mass is 16.6. The number of aromatic nitrogens is 2. The van der Waals surface area contributed by atoms with Crippen molar-refractivity contribution in [2.75, 3.05) is 13.1 Å². The second-order valence-electron chi connectivity index (χ2n) is 5.50. The molecule has 2 heterocycles. The van der Waals surface area contributed by atoms with Gasteiger partial charge in [-0.2, -0.15) is 5.10 Å². The van der Waals surface area contributed by atoms with E-state index in [1.165, 1.54) is 0 Å². The summed E-state index contributed by atoms with van der Waals surface area (Å²) in [5.74, 6) is 0. The Morgan fingerprint density at radius 1 is 1.32 bits per heavy atom. The molecule has 0 saturated carbocycles. The van der Waals surface area contributed by atoms with E-state index in [4.69, 9.17) is 4.74 Å². The molecule has 22 heavy (non-hydrogen) atoms. The summed E-state index contributed by atoms with van der Waals surface area (Å²) in [7, 11) is 1.90. The number of carbonyl (C=O) groups is 1. The molecule has 0 spiro atoms. The molecular formula is C16H20N4O2. The van der Waals surface area contributed by atoms with Gasteiger partial charge in [-0.05, 0) is 11.6 Å². The van der Waals surface area contributed by atoms with Crippen molar-refractivity contribution in [1.29, 1.82) is 0 Å². The first-order chi connectivity index (χ1) is 10.7. The van der Waals surface area contributed by atoms with Crippen molar-refractivity contribution in [3.63, 3.8) is 0 Å². The van der Waals surface area contributed by atoms with E-state index in [-0.39, 0.29) is 6.09 Å². The minimum Gasteiger partial charge on any atom is -0.445 e. The van der Waals surface area contributed by atoms with Crippen LogP contribution in [0.25, 0.3) is 0 Å². The van der Waals surface area contributed by atoms with E-state index in [0.29, 0.717) is 25.7 Å². The molecule has 0 bridgehead atoms.